The van der Waals surface area contributed by atoms with E-state index in [0.717, 1.165) is 0 Å². The first-order valence-corrected chi connectivity index (χ1v) is 4.24. The summed E-state index contributed by atoms with van der Waals surface area (Å²) in [5.41, 5.74) is 1.27. The maximum Gasteiger partial charge on any atom is 0.00624 e. The minimum absolute atomic E-state index is 0.634. The van der Waals surface area contributed by atoms with Crippen molar-refractivity contribution in [2.24, 2.45) is 10.8 Å². The van der Waals surface area contributed by atoms with Gasteiger partial charge in [-0.1, -0.05) is 24.3 Å². The van der Waals surface area contributed by atoms with Gasteiger partial charge >= 0.3 is 0 Å². The van der Waals surface area contributed by atoms with E-state index >= 15 is 0 Å². The molecule has 0 saturated heterocycles. The van der Waals surface area contributed by atoms with E-state index in [1.54, 1.807) is 0 Å². The van der Waals surface area contributed by atoms with Crippen LogP contribution in [0.2, 0.25) is 0 Å². The van der Waals surface area contributed by atoms with Crippen LogP contribution in [0.5, 0.6) is 0 Å². The van der Waals surface area contributed by atoms with Crippen LogP contribution in [-0.2, 0) is 0 Å². The SMILES string of the molecule is C1=CC12CCC1(C=C1)CC2. The zero-order chi connectivity index (χ0) is 6.66. The Kier molecular flexibility index (Phi) is 0.647. The van der Waals surface area contributed by atoms with Crippen LogP contribution in [0.4, 0.5) is 0 Å². The molecule has 0 atom stereocenters. The summed E-state index contributed by atoms with van der Waals surface area (Å²) in [5.74, 6) is 0. The van der Waals surface area contributed by atoms with Crippen LogP contribution in [0.15, 0.2) is 24.3 Å². The van der Waals surface area contributed by atoms with Crippen LogP contribution in [0.25, 0.3) is 0 Å². The molecule has 2 spiro atoms. The van der Waals surface area contributed by atoms with Crippen molar-refractivity contribution in [3.63, 3.8) is 0 Å². The Balaban J connectivity index is 1.73. The van der Waals surface area contributed by atoms with Gasteiger partial charge in [0.05, 0.1) is 0 Å². The molecular formula is C10H12. The number of hydrogen-bond donors (Lipinski definition) is 0. The van der Waals surface area contributed by atoms with E-state index < -0.39 is 0 Å². The van der Waals surface area contributed by atoms with Gasteiger partial charge in [-0.3, -0.25) is 0 Å². The van der Waals surface area contributed by atoms with Gasteiger partial charge in [-0.25, -0.2) is 0 Å². The summed E-state index contributed by atoms with van der Waals surface area (Å²) in [6.07, 6.45) is 15.2. The Labute approximate surface area is 61.6 Å². The van der Waals surface area contributed by atoms with Crippen molar-refractivity contribution in [2.75, 3.05) is 0 Å². The number of hydrogen-bond acceptors (Lipinski definition) is 0. The molecule has 0 amide bonds. The second-order valence-electron chi connectivity index (χ2n) is 4.13. The van der Waals surface area contributed by atoms with Gasteiger partial charge in [-0.15, -0.1) is 0 Å². The first-order valence-electron chi connectivity index (χ1n) is 4.24. The summed E-state index contributed by atoms with van der Waals surface area (Å²) in [6.45, 7) is 0. The molecule has 1 fully saturated rings. The van der Waals surface area contributed by atoms with Crippen molar-refractivity contribution in [3.05, 3.63) is 24.3 Å². The van der Waals surface area contributed by atoms with Crippen LogP contribution in [-0.4, -0.2) is 0 Å². The predicted molar refractivity (Wildman–Crippen MR) is 41.6 cm³/mol. The molecule has 0 aromatic heterocycles. The third-order valence-corrected chi connectivity index (χ3v) is 3.39. The summed E-state index contributed by atoms with van der Waals surface area (Å²) in [5, 5.41) is 0. The quantitative estimate of drug-likeness (QED) is 0.444. The van der Waals surface area contributed by atoms with E-state index in [9.17, 15) is 0 Å². The minimum atomic E-state index is 0.634. The lowest BCUT2D eigenvalue weighted by Crippen LogP contribution is -2.17. The van der Waals surface area contributed by atoms with Crippen molar-refractivity contribution >= 4 is 0 Å². The lowest BCUT2D eigenvalue weighted by atomic mass is 9.75. The summed E-state index contributed by atoms with van der Waals surface area (Å²) >= 11 is 0. The molecule has 0 radical (unpaired) electrons. The highest BCUT2D eigenvalue weighted by molar-refractivity contribution is 5.34. The highest BCUT2D eigenvalue weighted by Crippen LogP contribution is 2.58. The molecule has 0 N–H and O–H groups in total. The van der Waals surface area contributed by atoms with Gasteiger partial charge in [-0.2, -0.15) is 0 Å². The molecule has 3 rings (SSSR count). The summed E-state index contributed by atoms with van der Waals surface area (Å²) in [6, 6.07) is 0. The Hall–Kier alpha value is -0.520. The lowest BCUT2D eigenvalue weighted by molar-refractivity contribution is 0.285. The van der Waals surface area contributed by atoms with E-state index in [2.05, 4.69) is 24.3 Å². The van der Waals surface area contributed by atoms with Gasteiger partial charge in [0.25, 0.3) is 0 Å². The topological polar surface area (TPSA) is 0 Å². The van der Waals surface area contributed by atoms with Crippen LogP contribution >= 0.6 is 0 Å². The maximum atomic E-state index is 2.39. The Morgan fingerprint density at radius 1 is 0.600 bits per heavy atom. The lowest BCUT2D eigenvalue weighted by Gasteiger charge is -2.28. The van der Waals surface area contributed by atoms with Gasteiger partial charge in [0, 0.05) is 10.8 Å². The monoisotopic (exact) mass is 132 g/mol. The van der Waals surface area contributed by atoms with Crippen LogP contribution in [0, 0.1) is 10.8 Å². The third kappa shape index (κ3) is 0.570. The molecule has 0 aromatic carbocycles. The fraction of sp³-hybridized carbons (Fsp3) is 0.600. The van der Waals surface area contributed by atoms with E-state index in [0.29, 0.717) is 10.8 Å². The van der Waals surface area contributed by atoms with Crippen LogP contribution in [0.3, 0.4) is 0 Å². The van der Waals surface area contributed by atoms with Crippen molar-refractivity contribution in [3.8, 4) is 0 Å². The first-order chi connectivity index (χ1) is 4.83. The van der Waals surface area contributed by atoms with Gasteiger partial charge < -0.3 is 0 Å². The third-order valence-electron chi connectivity index (χ3n) is 3.39. The summed E-state index contributed by atoms with van der Waals surface area (Å²) in [4.78, 5) is 0. The van der Waals surface area contributed by atoms with Crippen molar-refractivity contribution in [1.82, 2.24) is 0 Å². The summed E-state index contributed by atoms with van der Waals surface area (Å²) < 4.78 is 0. The molecule has 52 valence electrons. The average Bonchev–Trinajstić information content (AvgIpc) is 2.75. The molecule has 0 nitrogen and oxygen atoms in total. The van der Waals surface area contributed by atoms with E-state index in [4.69, 9.17) is 0 Å². The maximum absolute atomic E-state index is 2.39. The molecule has 0 unspecified atom stereocenters. The van der Waals surface area contributed by atoms with Crippen molar-refractivity contribution in [2.45, 2.75) is 25.7 Å². The molecule has 3 aliphatic carbocycles. The second kappa shape index (κ2) is 1.25. The molecule has 0 aromatic rings. The molecule has 1 saturated carbocycles. The Morgan fingerprint density at radius 2 is 0.900 bits per heavy atom. The zero-order valence-corrected chi connectivity index (χ0v) is 6.14. The van der Waals surface area contributed by atoms with Crippen LogP contribution in [0.1, 0.15) is 25.7 Å². The predicted octanol–water partition coefficient (Wildman–Crippen LogP) is 2.67. The van der Waals surface area contributed by atoms with Gasteiger partial charge in [0.2, 0.25) is 0 Å². The van der Waals surface area contributed by atoms with Crippen molar-refractivity contribution in [1.29, 1.82) is 0 Å². The molecule has 0 heteroatoms. The first kappa shape index (κ1) is 5.17. The van der Waals surface area contributed by atoms with Crippen molar-refractivity contribution < 1.29 is 0 Å². The highest BCUT2D eigenvalue weighted by Gasteiger charge is 2.45. The second-order valence-corrected chi connectivity index (χ2v) is 4.13. The Bertz CT molecular complexity index is 182. The standard InChI is InChI=1S/C10H12/c1-2-10(7-8-10)4-3-9(1)5-6-9/h5-8H,1-4H2. The molecular weight excluding hydrogens is 120 g/mol. The Morgan fingerprint density at radius 3 is 1.10 bits per heavy atom. The number of rotatable bonds is 0. The largest absolute Gasteiger partial charge is 0.0777 e. The molecule has 0 aliphatic heterocycles. The normalized spacial score (nSPS) is 35.2. The molecule has 3 aliphatic rings. The summed E-state index contributed by atoms with van der Waals surface area (Å²) in [7, 11) is 0. The molecule has 10 heavy (non-hydrogen) atoms. The van der Waals surface area contributed by atoms with E-state index in [-0.39, 0.29) is 0 Å². The molecule has 0 heterocycles. The zero-order valence-electron chi connectivity index (χ0n) is 6.14. The number of allylic oxidation sites excluding steroid dienone is 4. The van der Waals surface area contributed by atoms with Gasteiger partial charge in [0.15, 0.2) is 0 Å². The van der Waals surface area contributed by atoms with Crippen LogP contribution < -0.4 is 0 Å². The highest BCUT2D eigenvalue weighted by atomic mass is 14.5. The van der Waals surface area contributed by atoms with E-state index in [1.807, 2.05) is 0 Å². The average molecular weight is 132 g/mol. The fourth-order valence-electron chi connectivity index (χ4n) is 2.08. The fourth-order valence-corrected chi connectivity index (χ4v) is 2.08. The van der Waals surface area contributed by atoms with Gasteiger partial charge in [-0.05, 0) is 25.7 Å². The smallest absolute Gasteiger partial charge is 0.00624 e. The minimum Gasteiger partial charge on any atom is -0.0777 e. The molecule has 0 bridgehead atoms. The van der Waals surface area contributed by atoms with E-state index in [1.165, 1.54) is 25.7 Å². The van der Waals surface area contributed by atoms with Gasteiger partial charge in [0.1, 0.15) is 0 Å².